The Balaban J connectivity index is 2.49. The summed E-state index contributed by atoms with van der Waals surface area (Å²) in [5, 5.41) is 3.45. The van der Waals surface area contributed by atoms with Crippen molar-refractivity contribution in [3.05, 3.63) is 22.2 Å². The predicted octanol–water partition coefficient (Wildman–Crippen LogP) is 3.72. The van der Waals surface area contributed by atoms with Crippen molar-refractivity contribution < 1.29 is 9.53 Å². The first kappa shape index (κ1) is 16.1. The number of halogens is 2. The molecule has 4 nitrogen and oxygen atoms in total. The fourth-order valence-electron chi connectivity index (χ4n) is 1.48. The molecule has 106 valence electrons. The lowest BCUT2D eigenvalue weighted by atomic mass is 10.2. The molecule has 0 aliphatic rings. The van der Waals surface area contributed by atoms with Crippen molar-refractivity contribution >= 4 is 40.5 Å². The Morgan fingerprint density at radius 2 is 2.11 bits per heavy atom. The molecular weight excluding hydrogens is 287 g/mol. The monoisotopic (exact) mass is 304 g/mol. The molecule has 0 atom stereocenters. The smallest absolute Gasteiger partial charge is 0.224 e. The van der Waals surface area contributed by atoms with Gasteiger partial charge in [0.2, 0.25) is 5.91 Å². The van der Waals surface area contributed by atoms with E-state index in [1.807, 2.05) is 13.8 Å². The highest BCUT2D eigenvalue weighted by Gasteiger charge is 2.10. The number of carbonyl (C=O) groups is 1. The number of benzene rings is 1. The first-order chi connectivity index (χ1) is 8.90. The summed E-state index contributed by atoms with van der Waals surface area (Å²) in [7, 11) is 0. The molecule has 0 spiro atoms. The lowest BCUT2D eigenvalue weighted by molar-refractivity contribution is -0.116. The third-order valence-electron chi connectivity index (χ3n) is 2.35. The van der Waals surface area contributed by atoms with Crippen LogP contribution in [0.25, 0.3) is 0 Å². The zero-order chi connectivity index (χ0) is 14.4. The van der Waals surface area contributed by atoms with Crippen LogP contribution in [0.5, 0.6) is 0 Å². The van der Waals surface area contributed by atoms with Crippen molar-refractivity contribution in [3.63, 3.8) is 0 Å². The third-order valence-corrected chi connectivity index (χ3v) is 2.87. The number of hydrogen-bond acceptors (Lipinski definition) is 3. The summed E-state index contributed by atoms with van der Waals surface area (Å²) in [6.45, 7) is 4.46. The van der Waals surface area contributed by atoms with E-state index >= 15 is 0 Å². The number of carbonyl (C=O) groups excluding carboxylic acids is 1. The van der Waals surface area contributed by atoms with Crippen molar-refractivity contribution in [1.29, 1.82) is 0 Å². The zero-order valence-corrected chi connectivity index (χ0v) is 12.5. The van der Waals surface area contributed by atoms with E-state index in [2.05, 4.69) is 5.32 Å². The topological polar surface area (TPSA) is 64.3 Å². The second-order valence-corrected chi connectivity index (χ2v) is 5.27. The van der Waals surface area contributed by atoms with Crippen molar-refractivity contribution in [3.8, 4) is 0 Å². The van der Waals surface area contributed by atoms with Gasteiger partial charge >= 0.3 is 0 Å². The van der Waals surface area contributed by atoms with E-state index in [0.29, 0.717) is 40.9 Å². The first-order valence-corrected chi connectivity index (χ1v) is 6.81. The predicted molar refractivity (Wildman–Crippen MR) is 79.8 cm³/mol. The molecule has 3 N–H and O–H groups in total. The average molecular weight is 305 g/mol. The maximum Gasteiger partial charge on any atom is 0.224 e. The van der Waals surface area contributed by atoms with Crippen molar-refractivity contribution in [2.24, 2.45) is 0 Å². The molecule has 19 heavy (non-hydrogen) atoms. The second kappa shape index (κ2) is 7.58. The van der Waals surface area contributed by atoms with Crippen LogP contribution in [0.3, 0.4) is 0 Å². The van der Waals surface area contributed by atoms with Gasteiger partial charge in [-0.1, -0.05) is 23.2 Å². The van der Waals surface area contributed by atoms with Crippen LogP contribution in [0.1, 0.15) is 26.7 Å². The normalized spacial score (nSPS) is 10.8. The molecule has 1 aromatic rings. The van der Waals surface area contributed by atoms with Crippen LogP contribution in [0.15, 0.2) is 12.1 Å². The lowest BCUT2D eigenvalue weighted by Crippen LogP contribution is -2.14. The molecule has 1 amide bonds. The van der Waals surface area contributed by atoms with Gasteiger partial charge in [-0.15, -0.1) is 0 Å². The summed E-state index contributed by atoms with van der Waals surface area (Å²) in [6.07, 6.45) is 1.17. The summed E-state index contributed by atoms with van der Waals surface area (Å²) < 4.78 is 5.36. The van der Waals surface area contributed by atoms with Gasteiger partial charge < -0.3 is 15.8 Å². The van der Waals surface area contributed by atoms with Gasteiger partial charge in [0.05, 0.1) is 22.5 Å². The van der Waals surface area contributed by atoms with Crippen LogP contribution in [-0.2, 0) is 9.53 Å². The SMILES string of the molecule is CC(C)OCCCC(=O)Nc1c(N)cc(Cl)cc1Cl. The van der Waals surface area contributed by atoms with E-state index < -0.39 is 0 Å². The van der Waals surface area contributed by atoms with E-state index in [0.717, 1.165) is 0 Å². The second-order valence-electron chi connectivity index (χ2n) is 4.42. The van der Waals surface area contributed by atoms with Crippen LogP contribution in [-0.4, -0.2) is 18.6 Å². The quantitative estimate of drug-likeness (QED) is 0.622. The van der Waals surface area contributed by atoms with Crippen LogP contribution >= 0.6 is 23.2 Å². The van der Waals surface area contributed by atoms with Gasteiger partial charge in [-0.05, 0) is 32.4 Å². The zero-order valence-electron chi connectivity index (χ0n) is 11.0. The molecular formula is C13H18Cl2N2O2. The number of nitrogens with one attached hydrogen (secondary N) is 1. The molecule has 0 saturated heterocycles. The number of ether oxygens (including phenoxy) is 1. The maximum absolute atomic E-state index is 11.7. The van der Waals surface area contributed by atoms with Gasteiger partial charge in [0.25, 0.3) is 0 Å². The summed E-state index contributed by atoms with van der Waals surface area (Å²) >= 11 is 11.8. The Morgan fingerprint density at radius 1 is 1.42 bits per heavy atom. The van der Waals surface area contributed by atoms with Crippen LogP contribution < -0.4 is 11.1 Å². The minimum absolute atomic E-state index is 0.150. The molecule has 0 radical (unpaired) electrons. The lowest BCUT2D eigenvalue weighted by Gasteiger charge is -2.11. The molecule has 0 aromatic heterocycles. The first-order valence-electron chi connectivity index (χ1n) is 6.06. The molecule has 0 bridgehead atoms. The van der Waals surface area contributed by atoms with E-state index in [4.69, 9.17) is 33.7 Å². The van der Waals surface area contributed by atoms with Crippen molar-refractivity contribution in [1.82, 2.24) is 0 Å². The molecule has 1 rings (SSSR count). The number of hydrogen-bond donors (Lipinski definition) is 2. The van der Waals surface area contributed by atoms with Crippen LogP contribution in [0.2, 0.25) is 10.0 Å². The highest BCUT2D eigenvalue weighted by Crippen LogP contribution is 2.32. The molecule has 0 fully saturated rings. The number of amides is 1. The standard InChI is InChI=1S/C13H18Cl2N2O2/c1-8(2)19-5-3-4-12(18)17-13-10(15)6-9(14)7-11(13)16/h6-8H,3-5,16H2,1-2H3,(H,17,18). The third kappa shape index (κ3) is 5.68. The Kier molecular flexibility index (Phi) is 6.42. The summed E-state index contributed by atoms with van der Waals surface area (Å²) in [5.41, 5.74) is 6.51. The van der Waals surface area contributed by atoms with Gasteiger partial charge in [-0.3, -0.25) is 4.79 Å². The van der Waals surface area contributed by atoms with Crippen LogP contribution in [0.4, 0.5) is 11.4 Å². The highest BCUT2D eigenvalue weighted by molar-refractivity contribution is 6.37. The minimum atomic E-state index is -0.150. The molecule has 1 aromatic carbocycles. The Hall–Kier alpha value is -0.970. The Bertz CT molecular complexity index is 427. The fraction of sp³-hybridized carbons (Fsp3) is 0.462. The van der Waals surface area contributed by atoms with E-state index in [9.17, 15) is 4.79 Å². The van der Waals surface area contributed by atoms with Gasteiger partial charge in [0, 0.05) is 18.1 Å². The molecule has 6 heteroatoms. The Labute approximate surface area is 123 Å². The molecule has 0 heterocycles. The van der Waals surface area contributed by atoms with Crippen LogP contribution in [0, 0.1) is 0 Å². The number of anilines is 2. The van der Waals surface area contributed by atoms with Gasteiger partial charge in [-0.2, -0.15) is 0 Å². The number of nitrogen functional groups attached to an aromatic ring is 1. The average Bonchev–Trinajstić information content (AvgIpc) is 2.29. The van der Waals surface area contributed by atoms with Gasteiger partial charge in [0.1, 0.15) is 0 Å². The summed E-state index contributed by atoms with van der Waals surface area (Å²) in [4.78, 5) is 11.7. The summed E-state index contributed by atoms with van der Waals surface area (Å²) in [5.74, 6) is -0.150. The summed E-state index contributed by atoms with van der Waals surface area (Å²) in [6, 6.07) is 3.09. The van der Waals surface area contributed by atoms with Crippen molar-refractivity contribution in [2.45, 2.75) is 32.8 Å². The van der Waals surface area contributed by atoms with E-state index in [-0.39, 0.29) is 12.0 Å². The molecule has 0 aliphatic heterocycles. The largest absolute Gasteiger partial charge is 0.397 e. The van der Waals surface area contributed by atoms with E-state index in [1.165, 1.54) is 6.07 Å². The number of rotatable bonds is 6. The number of nitrogens with two attached hydrogens (primary N) is 1. The van der Waals surface area contributed by atoms with Gasteiger partial charge in [0.15, 0.2) is 0 Å². The van der Waals surface area contributed by atoms with Crippen molar-refractivity contribution in [2.75, 3.05) is 17.7 Å². The Morgan fingerprint density at radius 3 is 2.68 bits per heavy atom. The maximum atomic E-state index is 11.7. The molecule has 0 saturated carbocycles. The molecule has 0 unspecified atom stereocenters. The highest BCUT2D eigenvalue weighted by atomic mass is 35.5. The minimum Gasteiger partial charge on any atom is -0.397 e. The molecule has 0 aliphatic carbocycles. The van der Waals surface area contributed by atoms with E-state index in [1.54, 1.807) is 6.07 Å². The fourth-order valence-corrected chi connectivity index (χ4v) is 2.04. The van der Waals surface area contributed by atoms with Gasteiger partial charge in [-0.25, -0.2) is 0 Å².